The van der Waals surface area contributed by atoms with Crippen LogP contribution in [0.5, 0.6) is 0 Å². The molecule has 0 bridgehead atoms. The second-order valence-corrected chi connectivity index (χ2v) is 6.22. The maximum atomic E-state index is 12.1. The number of nitrogens with zero attached hydrogens (tertiary/aromatic N) is 1. The Hall–Kier alpha value is -1.07. The minimum atomic E-state index is -0.515. The van der Waals surface area contributed by atoms with Crippen LogP contribution >= 0.6 is 15.9 Å². The van der Waals surface area contributed by atoms with Crippen LogP contribution in [0.1, 0.15) is 32.4 Å². The van der Waals surface area contributed by atoms with Gasteiger partial charge in [-0.05, 0) is 32.4 Å². The van der Waals surface area contributed by atoms with Gasteiger partial charge in [-0.2, -0.15) is 0 Å². The minimum absolute atomic E-state index is 0.217. The van der Waals surface area contributed by atoms with Crippen molar-refractivity contribution in [1.82, 2.24) is 4.90 Å². The summed E-state index contributed by atoms with van der Waals surface area (Å²) in [7, 11) is 1.70. The second kappa shape index (κ2) is 6.39. The van der Waals surface area contributed by atoms with E-state index in [2.05, 4.69) is 15.9 Å². The molecule has 5 heteroatoms. The molecule has 0 aliphatic rings. The van der Waals surface area contributed by atoms with Crippen LogP contribution in [0, 0.1) is 0 Å². The van der Waals surface area contributed by atoms with Crippen molar-refractivity contribution >= 4 is 22.0 Å². The molecule has 0 saturated carbocycles. The lowest BCUT2D eigenvalue weighted by molar-refractivity contribution is 0.0225. The highest BCUT2D eigenvalue weighted by Gasteiger charge is 2.26. The Balaban J connectivity index is 2.92. The number of halogens is 1. The molecule has 2 N–H and O–H groups in total. The van der Waals surface area contributed by atoms with Gasteiger partial charge in [0.2, 0.25) is 0 Å². The fourth-order valence-electron chi connectivity index (χ4n) is 1.70. The zero-order valence-electron chi connectivity index (χ0n) is 11.8. The van der Waals surface area contributed by atoms with Crippen LogP contribution in [0.15, 0.2) is 28.7 Å². The molecule has 1 aromatic carbocycles. The zero-order chi connectivity index (χ0) is 14.6. The summed E-state index contributed by atoms with van der Waals surface area (Å²) in [5.41, 5.74) is 6.26. The van der Waals surface area contributed by atoms with Crippen molar-refractivity contribution in [1.29, 1.82) is 0 Å². The van der Waals surface area contributed by atoms with Crippen LogP contribution in [0.3, 0.4) is 0 Å². The van der Waals surface area contributed by atoms with Crippen LogP contribution in [-0.2, 0) is 4.74 Å². The average molecular weight is 329 g/mol. The van der Waals surface area contributed by atoms with Crippen LogP contribution in [-0.4, -0.2) is 30.2 Å². The van der Waals surface area contributed by atoms with Gasteiger partial charge in [-0.15, -0.1) is 0 Å². The first-order valence-electron chi connectivity index (χ1n) is 6.16. The van der Waals surface area contributed by atoms with E-state index < -0.39 is 5.60 Å². The Kier molecular flexibility index (Phi) is 5.38. The maximum absolute atomic E-state index is 12.1. The molecular formula is C14H21BrN2O2. The van der Waals surface area contributed by atoms with Gasteiger partial charge in [0.15, 0.2) is 0 Å². The lowest BCUT2D eigenvalue weighted by Gasteiger charge is -2.30. The molecule has 0 spiro atoms. The van der Waals surface area contributed by atoms with E-state index >= 15 is 0 Å². The van der Waals surface area contributed by atoms with Crippen LogP contribution in [0.4, 0.5) is 4.79 Å². The third-order valence-corrected chi connectivity index (χ3v) is 3.36. The molecule has 4 nitrogen and oxygen atoms in total. The first kappa shape index (κ1) is 16.0. The number of likely N-dealkylation sites (N-methyl/N-ethyl adjacent to an activating group) is 1. The fraction of sp³-hybridized carbons (Fsp3) is 0.500. The lowest BCUT2D eigenvalue weighted by atomic mass is 10.1. The Labute approximate surface area is 123 Å². The topological polar surface area (TPSA) is 55.6 Å². The van der Waals surface area contributed by atoms with Gasteiger partial charge < -0.3 is 15.4 Å². The van der Waals surface area contributed by atoms with Gasteiger partial charge in [0, 0.05) is 18.1 Å². The highest BCUT2D eigenvalue weighted by molar-refractivity contribution is 9.10. The van der Waals surface area contributed by atoms with Gasteiger partial charge >= 0.3 is 6.09 Å². The van der Waals surface area contributed by atoms with Gasteiger partial charge in [0.25, 0.3) is 0 Å². The van der Waals surface area contributed by atoms with Crippen molar-refractivity contribution in [2.75, 3.05) is 13.6 Å². The molecule has 19 heavy (non-hydrogen) atoms. The van der Waals surface area contributed by atoms with E-state index in [-0.39, 0.29) is 12.1 Å². The number of ether oxygens (including phenoxy) is 1. The molecule has 1 aromatic rings. The number of rotatable bonds is 3. The Morgan fingerprint density at radius 1 is 1.42 bits per heavy atom. The summed E-state index contributed by atoms with van der Waals surface area (Å²) in [6.07, 6.45) is -0.376. The van der Waals surface area contributed by atoms with Gasteiger partial charge in [-0.3, -0.25) is 0 Å². The predicted molar refractivity (Wildman–Crippen MR) is 79.9 cm³/mol. The first-order chi connectivity index (χ1) is 8.76. The molecule has 0 aliphatic heterocycles. The maximum Gasteiger partial charge on any atom is 0.410 e. The number of benzene rings is 1. The summed E-state index contributed by atoms with van der Waals surface area (Å²) in [6, 6.07) is 7.51. The van der Waals surface area contributed by atoms with E-state index in [0.717, 1.165) is 10.0 Å². The average Bonchev–Trinajstić information content (AvgIpc) is 2.30. The SMILES string of the molecule is CN(C(=O)OC(C)(C)C)C(CN)c1ccccc1Br. The monoisotopic (exact) mass is 328 g/mol. The lowest BCUT2D eigenvalue weighted by Crippen LogP contribution is -2.39. The molecule has 0 aromatic heterocycles. The number of hydrogen-bond acceptors (Lipinski definition) is 3. The Bertz CT molecular complexity index is 443. The molecular weight excluding hydrogens is 308 g/mol. The standard InChI is InChI=1S/C14H21BrN2O2/c1-14(2,3)19-13(18)17(4)12(9-16)10-7-5-6-8-11(10)15/h5-8,12H,9,16H2,1-4H3. The number of nitrogens with two attached hydrogens (primary N) is 1. The van der Waals surface area contributed by atoms with Crippen molar-refractivity contribution in [2.24, 2.45) is 5.73 Å². The molecule has 1 amide bonds. The van der Waals surface area contributed by atoms with Crippen LogP contribution in [0.2, 0.25) is 0 Å². The molecule has 0 saturated heterocycles. The molecule has 1 unspecified atom stereocenters. The fourth-order valence-corrected chi connectivity index (χ4v) is 2.25. The van der Waals surface area contributed by atoms with Gasteiger partial charge in [0.1, 0.15) is 5.60 Å². The number of carbonyl (C=O) groups excluding carboxylic acids is 1. The van der Waals surface area contributed by atoms with E-state index in [0.29, 0.717) is 6.54 Å². The Morgan fingerprint density at radius 3 is 2.47 bits per heavy atom. The van der Waals surface area contributed by atoms with Gasteiger partial charge in [-0.1, -0.05) is 34.1 Å². The largest absolute Gasteiger partial charge is 0.444 e. The van der Waals surface area contributed by atoms with E-state index in [1.54, 1.807) is 7.05 Å². The normalized spacial score (nSPS) is 12.9. The third-order valence-electron chi connectivity index (χ3n) is 2.64. The highest BCUT2D eigenvalue weighted by Crippen LogP contribution is 2.27. The minimum Gasteiger partial charge on any atom is -0.444 e. The summed E-state index contributed by atoms with van der Waals surface area (Å²) in [4.78, 5) is 13.6. The quantitative estimate of drug-likeness (QED) is 0.925. The summed E-state index contributed by atoms with van der Waals surface area (Å²) in [5, 5.41) is 0. The van der Waals surface area contributed by atoms with Crippen molar-refractivity contribution in [3.8, 4) is 0 Å². The summed E-state index contributed by atoms with van der Waals surface area (Å²) >= 11 is 3.48. The third kappa shape index (κ3) is 4.51. The molecule has 106 valence electrons. The van der Waals surface area contributed by atoms with Crippen molar-refractivity contribution in [2.45, 2.75) is 32.4 Å². The molecule has 1 rings (SSSR count). The molecule has 1 atom stereocenters. The second-order valence-electron chi connectivity index (χ2n) is 5.36. The Morgan fingerprint density at radius 2 is 2.00 bits per heavy atom. The zero-order valence-corrected chi connectivity index (χ0v) is 13.4. The van der Waals surface area contributed by atoms with Crippen molar-refractivity contribution in [3.05, 3.63) is 34.3 Å². The summed E-state index contributed by atoms with van der Waals surface area (Å²) in [5.74, 6) is 0. The van der Waals surface area contributed by atoms with E-state index in [1.165, 1.54) is 4.90 Å². The smallest absolute Gasteiger partial charge is 0.410 e. The number of carbonyl (C=O) groups is 1. The van der Waals surface area contributed by atoms with Crippen molar-refractivity contribution < 1.29 is 9.53 Å². The number of amides is 1. The molecule has 0 aliphatic carbocycles. The molecule has 0 radical (unpaired) electrons. The molecule has 0 heterocycles. The van der Waals surface area contributed by atoms with Crippen LogP contribution < -0.4 is 5.73 Å². The van der Waals surface area contributed by atoms with Gasteiger partial charge in [0.05, 0.1) is 6.04 Å². The molecule has 0 fully saturated rings. The predicted octanol–water partition coefficient (Wildman–Crippen LogP) is 3.32. The van der Waals surface area contributed by atoms with Gasteiger partial charge in [-0.25, -0.2) is 4.79 Å². The van der Waals surface area contributed by atoms with E-state index in [1.807, 2.05) is 45.0 Å². The highest BCUT2D eigenvalue weighted by atomic mass is 79.9. The van der Waals surface area contributed by atoms with Crippen molar-refractivity contribution in [3.63, 3.8) is 0 Å². The number of hydrogen-bond donors (Lipinski definition) is 1. The van der Waals surface area contributed by atoms with E-state index in [9.17, 15) is 4.79 Å². The van der Waals surface area contributed by atoms with E-state index in [4.69, 9.17) is 10.5 Å². The first-order valence-corrected chi connectivity index (χ1v) is 6.96. The van der Waals surface area contributed by atoms with Crippen LogP contribution in [0.25, 0.3) is 0 Å². The summed E-state index contributed by atoms with van der Waals surface area (Å²) < 4.78 is 6.29. The summed E-state index contributed by atoms with van der Waals surface area (Å²) in [6.45, 7) is 5.86.